The molecule has 11 nitrogen and oxygen atoms in total. The van der Waals surface area contributed by atoms with Crippen molar-refractivity contribution in [2.75, 3.05) is 20.3 Å². The highest BCUT2D eigenvalue weighted by Crippen LogP contribution is 2.35. The number of carbonyl (C=O) groups excluding carboxylic acids is 3. The van der Waals surface area contributed by atoms with Gasteiger partial charge in [-0.1, -0.05) is 45.7 Å². The minimum Gasteiger partial charge on any atom is -0.493 e. The molecule has 3 aromatic carbocycles. The number of hydrogen-bond donors (Lipinski definition) is 3. The number of methoxy groups -OCH3 is 1. The number of esters is 1. The number of nitrogens with zero attached hydrogens (tertiary/aromatic N) is 1. The number of hydrogen-bond acceptors (Lipinski definition) is 8. The van der Waals surface area contributed by atoms with Crippen LogP contribution >= 0.6 is 43.5 Å². The molecule has 3 N–H and O–H groups in total. The lowest BCUT2D eigenvalue weighted by Crippen LogP contribution is -2.45. The molecule has 14 heteroatoms. The van der Waals surface area contributed by atoms with Gasteiger partial charge in [-0.3, -0.25) is 4.79 Å². The van der Waals surface area contributed by atoms with Crippen LogP contribution in [0.3, 0.4) is 0 Å². The molecule has 0 saturated carbocycles. The molecule has 0 bridgehead atoms. The molecule has 3 aromatic rings. The van der Waals surface area contributed by atoms with E-state index in [1.165, 1.54) is 13.3 Å². The van der Waals surface area contributed by atoms with Gasteiger partial charge < -0.3 is 29.6 Å². The van der Waals surface area contributed by atoms with Crippen LogP contribution in [0.15, 0.2) is 79.9 Å². The lowest BCUT2D eigenvalue weighted by Gasteiger charge is -2.28. The lowest BCUT2D eigenvalue weighted by molar-refractivity contribution is -0.139. The minimum absolute atomic E-state index is 0.177. The number of carbonyl (C=O) groups is 3. The van der Waals surface area contributed by atoms with Gasteiger partial charge in [0.15, 0.2) is 18.1 Å². The van der Waals surface area contributed by atoms with Crippen molar-refractivity contribution in [2.24, 2.45) is 5.10 Å². The standard InChI is InChI=1S/C31H29Br2ClN4O7/c1-4-43-30(40)27-17(2)36-31(41)37-28(27)19-7-10-24(25(12-19)42-3)44-16-26(39)38-35-14-20-11-22(34)13-23(33)29(20)45-15-18-5-8-21(32)9-6-18/h5-14,28H,4,15-16H2,1-3H3,(H,38,39)(H2,36,37,41)/b35-14+/t28-/m0/s1. The number of halogens is 3. The molecule has 1 atom stereocenters. The van der Waals surface area contributed by atoms with Crippen molar-refractivity contribution in [3.8, 4) is 17.2 Å². The Morgan fingerprint density at radius 1 is 1.07 bits per heavy atom. The van der Waals surface area contributed by atoms with E-state index in [2.05, 4.69) is 53.0 Å². The summed E-state index contributed by atoms with van der Waals surface area (Å²) in [6.45, 7) is 3.42. The number of amides is 3. The zero-order valence-corrected chi connectivity index (χ0v) is 28.3. The molecule has 0 radical (unpaired) electrons. The van der Waals surface area contributed by atoms with E-state index >= 15 is 0 Å². The van der Waals surface area contributed by atoms with Gasteiger partial charge in [-0.05, 0) is 77.3 Å². The van der Waals surface area contributed by atoms with E-state index in [9.17, 15) is 14.4 Å². The maximum absolute atomic E-state index is 12.6. The molecule has 236 valence electrons. The van der Waals surface area contributed by atoms with Gasteiger partial charge in [0.25, 0.3) is 5.91 Å². The monoisotopic (exact) mass is 762 g/mol. The van der Waals surface area contributed by atoms with Crippen LogP contribution in [-0.2, 0) is 20.9 Å². The number of hydrazone groups is 1. The third-order valence-electron chi connectivity index (χ3n) is 6.37. The fraction of sp³-hybridized carbons (Fsp3) is 0.226. The summed E-state index contributed by atoms with van der Waals surface area (Å²) in [4.78, 5) is 37.4. The van der Waals surface area contributed by atoms with Crippen molar-refractivity contribution in [1.29, 1.82) is 0 Å². The van der Waals surface area contributed by atoms with Crippen molar-refractivity contribution in [3.05, 3.63) is 96.5 Å². The van der Waals surface area contributed by atoms with Crippen LogP contribution in [0, 0.1) is 0 Å². The summed E-state index contributed by atoms with van der Waals surface area (Å²) in [5.41, 5.74) is 5.12. The van der Waals surface area contributed by atoms with E-state index in [0.717, 1.165) is 10.0 Å². The number of nitrogens with one attached hydrogen (secondary N) is 3. The Hall–Kier alpha value is -4.07. The van der Waals surface area contributed by atoms with Crippen molar-refractivity contribution in [3.63, 3.8) is 0 Å². The van der Waals surface area contributed by atoms with Gasteiger partial charge in [-0.2, -0.15) is 5.10 Å². The molecular formula is C31H29Br2ClN4O7. The maximum atomic E-state index is 12.6. The van der Waals surface area contributed by atoms with Crippen LogP contribution in [0.2, 0.25) is 5.02 Å². The normalized spacial score (nSPS) is 14.4. The molecule has 1 heterocycles. The summed E-state index contributed by atoms with van der Waals surface area (Å²) in [5.74, 6) is -0.0419. The van der Waals surface area contributed by atoms with E-state index in [0.29, 0.717) is 38.7 Å². The summed E-state index contributed by atoms with van der Waals surface area (Å²) in [7, 11) is 1.43. The minimum atomic E-state index is -0.784. The molecule has 3 amide bonds. The van der Waals surface area contributed by atoms with Gasteiger partial charge >= 0.3 is 12.0 Å². The summed E-state index contributed by atoms with van der Waals surface area (Å²) in [6, 6.07) is 14.7. The third-order valence-corrected chi connectivity index (χ3v) is 7.71. The van der Waals surface area contributed by atoms with Crippen molar-refractivity contribution < 1.29 is 33.3 Å². The molecule has 4 rings (SSSR count). The van der Waals surface area contributed by atoms with Gasteiger partial charge in [0.1, 0.15) is 12.4 Å². The lowest BCUT2D eigenvalue weighted by atomic mass is 9.95. The predicted molar refractivity (Wildman–Crippen MR) is 176 cm³/mol. The summed E-state index contributed by atoms with van der Waals surface area (Å²) in [6.07, 6.45) is 1.42. The second-order valence-electron chi connectivity index (χ2n) is 9.50. The summed E-state index contributed by atoms with van der Waals surface area (Å²) < 4.78 is 23.9. The van der Waals surface area contributed by atoms with Gasteiger partial charge in [-0.15, -0.1) is 0 Å². The van der Waals surface area contributed by atoms with Gasteiger partial charge in [0.2, 0.25) is 0 Å². The molecular weight excluding hydrogens is 736 g/mol. The smallest absolute Gasteiger partial charge is 0.338 e. The molecule has 0 spiro atoms. The Morgan fingerprint density at radius 3 is 2.53 bits per heavy atom. The molecule has 1 aliphatic rings. The van der Waals surface area contributed by atoms with E-state index < -0.39 is 23.9 Å². The molecule has 0 fully saturated rings. The van der Waals surface area contributed by atoms with E-state index in [1.54, 1.807) is 44.2 Å². The SMILES string of the molecule is CCOC(=O)C1=C(C)NC(=O)N[C@H]1c1ccc(OCC(=O)N/N=C/c2cc(Cl)cc(Br)c2OCc2ccc(Br)cc2)c(OC)c1. The third kappa shape index (κ3) is 8.99. The largest absolute Gasteiger partial charge is 0.493 e. The first-order valence-electron chi connectivity index (χ1n) is 13.5. The van der Waals surface area contributed by atoms with Crippen LogP contribution in [0.4, 0.5) is 4.79 Å². The molecule has 0 aliphatic carbocycles. The van der Waals surface area contributed by atoms with Gasteiger partial charge in [0, 0.05) is 20.8 Å². The first kappa shape index (κ1) is 33.8. The Morgan fingerprint density at radius 2 is 1.82 bits per heavy atom. The molecule has 0 saturated heterocycles. The van der Waals surface area contributed by atoms with Crippen molar-refractivity contribution in [2.45, 2.75) is 26.5 Å². The fourth-order valence-electron chi connectivity index (χ4n) is 4.32. The predicted octanol–water partition coefficient (Wildman–Crippen LogP) is 6.17. The topological polar surface area (TPSA) is 137 Å². The number of urea groups is 1. The first-order valence-corrected chi connectivity index (χ1v) is 15.5. The molecule has 45 heavy (non-hydrogen) atoms. The first-order chi connectivity index (χ1) is 21.6. The highest BCUT2D eigenvalue weighted by Gasteiger charge is 2.32. The zero-order chi connectivity index (χ0) is 32.5. The fourth-order valence-corrected chi connectivity index (χ4v) is 5.53. The van der Waals surface area contributed by atoms with Gasteiger partial charge in [0.05, 0.1) is 36.0 Å². The van der Waals surface area contributed by atoms with E-state index in [-0.39, 0.29) is 30.3 Å². The Kier molecular flexibility index (Phi) is 11.9. The summed E-state index contributed by atoms with van der Waals surface area (Å²) in [5, 5.41) is 9.81. The van der Waals surface area contributed by atoms with E-state index in [4.69, 9.17) is 30.5 Å². The van der Waals surface area contributed by atoms with Gasteiger partial charge in [-0.25, -0.2) is 15.0 Å². The highest BCUT2D eigenvalue weighted by atomic mass is 79.9. The van der Waals surface area contributed by atoms with Crippen molar-refractivity contribution in [1.82, 2.24) is 16.1 Å². The average molecular weight is 765 g/mol. The quantitative estimate of drug-likeness (QED) is 0.114. The van der Waals surface area contributed by atoms with Crippen LogP contribution in [0.1, 0.15) is 36.6 Å². The second kappa shape index (κ2) is 15.8. The van der Waals surface area contributed by atoms with Crippen molar-refractivity contribution >= 4 is 67.6 Å². The number of allylic oxidation sites excluding steroid dienone is 1. The van der Waals surface area contributed by atoms with Crippen LogP contribution < -0.4 is 30.3 Å². The number of benzene rings is 3. The maximum Gasteiger partial charge on any atom is 0.338 e. The average Bonchev–Trinajstić information content (AvgIpc) is 3.00. The van der Waals surface area contributed by atoms with Crippen LogP contribution in [-0.4, -0.2) is 44.4 Å². The Bertz CT molecular complexity index is 1650. The second-order valence-corrected chi connectivity index (χ2v) is 11.7. The Labute approximate surface area is 281 Å². The molecule has 0 aromatic heterocycles. The van der Waals surface area contributed by atoms with E-state index in [1.807, 2.05) is 24.3 Å². The van der Waals surface area contributed by atoms with Crippen LogP contribution in [0.25, 0.3) is 0 Å². The zero-order valence-electron chi connectivity index (χ0n) is 24.4. The van der Waals surface area contributed by atoms with Crippen LogP contribution in [0.5, 0.6) is 17.2 Å². The molecule has 0 unspecified atom stereocenters. The highest BCUT2D eigenvalue weighted by molar-refractivity contribution is 9.10. The Balaban J connectivity index is 1.41. The molecule has 1 aliphatic heterocycles. The number of rotatable bonds is 12. The summed E-state index contributed by atoms with van der Waals surface area (Å²) >= 11 is 13.1. The number of ether oxygens (including phenoxy) is 4.